The van der Waals surface area contributed by atoms with E-state index in [4.69, 9.17) is 26.8 Å². The van der Waals surface area contributed by atoms with Gasteiger partial charge in [0, 0.05) is 13.2 Å². The number of aromatic nitrogens is 1. The van der Waals surface area contributed by atoms with Crippen LogP contribution in [0, 0.1) is 0 Å². The summed E-state index contributed by atoms with van der Waals surface area (Å²) in [5.74, 6) is 0.252. The van der Waals surface area contributed by atoms with Gasteiger partial charge in [-0.05, 0) is 19.1 Å². The monoisotopic (exact) mass is 309 g/mol. The van der Waals surface area contributed by atoms with E-state index >= 15 is 0 Å². The Balaban J connectivity index is 2.31. The van der Waals surface area contributed by atoms with Crippen LogP contribution in [0.4, 0.5) is 21.9 Å². The first kappa shape index (κ1) is 15.1. The number of carbonyl (C=O) groups excluding carboxylic acids is 1. The zero-order valence-corrected chi connectivity index (χ0v) is 12.5. The molecule has 0 unspecified atom stereocenters. The van der Waals surface area contributed by atoms with Crippen molar-refractivity contribution in [3.8, 4) is 5.88 Å². The molecule has 0 spiro atoms. The molecule has 3 N–H and O–H groups in total. The van der Waals surface area contributed by atoms with Crippen molar-refractivity contribution < 1.29 is 14.3 Å². The van der Waals surface area contributed by atoms with Gasteiger partial charge in [-0.25, -0.2) is 4.79 Å². The summed E-state index contributed by atoms with van der Waals surface area (Å²) in [6.45, 7) is 1.93. The highest BCUT2D eigenvalue weighted by molar-refractivity contribution is 6.33. The highest BCUT2D eigenvalue weighted by atomic mass is 35.5. The van der Waals surface area contributed by atoms with Gasteiger partial charge in [0.1, 0.15) is 5.69 Å². The van der Waals surface area contributed by atoms with Crippen LogP contribution < -0.4 is 15.8 Å². The molecule has 1 aromatic heterocycles. The fraction of sp³-hybridized carbons (Fsp3) is 0.214. The van der Waals surface area contributed by atoms with E-state index in [1.807, 2.05) is 12.1 Å². The molecule has 0 saturated heterocycles. The Kier molecular flexibility index (Phi) is 4.59. The molecule has 0 atom stereocenters. The minimum absolute atomic E-state index is 0.228. The van der Waals surface area contributed by atoms with Crippen molar-refractivity contribution in [2.24, 2.45) is 7.05 Å². The number of hydrogen-bond donors (Lipinski definition) is 2. The minimum Gasteiger partial charge on any atom is -0.434 e. The van der Waals surface area contributed by atoms with Gasteiger partial charge in [-0.2, -0.15) is 0 Å². The van der Waals surface area contributed by atoms with E-state index < -0.39 is 6.16 Å². The van der Waals surface area contributed by atoms with Crippen LogP contribution in [-0.2, 0) is 11.8 Å². The average Bonchev–Trinajstić information content (AvgIpc) is 2.68. The Morgan fingerprint density at radius 2 is 2.14 bits per heavy atom. The molecule has 21 heavy (non-hydrogen) atoms. The molecule has 0 aliphatic heterocycles. The number of halogens is 1. The number of ether oxygens (including phenoxy) is 2. The summed E-state index contributed by atoms with van der Waals surface area (Å²) in [6, 6.07) is 7.21. The number of rotatable bonds is 4. The van der Waals surface area contributed by atoms with Gasteiger partial charge < -0.3 is 25.1 Å². The van der Waals surface area contributed by atoms with Crippen molar-refractivity contribution in [2.75, 3.05) is 17.7 Å². The lowest BCUT2D eigenvalue weighted by molar-refractivity contribution is 0.102. The summed E-state index contributed by atoms with van der Waals surface area (Å²) in [4.78, 5) is 11.5. The maximum absolute atomic E-state index is 11.5. The molecule has 1 heterocycles. The van der Waals surface area contributed by atoms with E-state index in [9.17, 15) is 4.79 Å². The summed E-state index contributed by atoms with van der Waals surface area (Å²) in [7, 11) is 1.71. The van der Waals surface area contributed by atoms with Crippen molar-refractivity contribution in [1.82, 2.24) is 4.57 Å². The second kappa shape index (κ2) is 6.41. The van der Waals surface area contributed by atoms with Crippen LogP contribution in [0.2, 0.25) is 5.02 Å². The van der Waals surface area contributed by atoms with Gasteiger partial charge in [-0.15, -0.1) is 0 Å². The summed E-state index contributed by atoms with van der Waals surface area (Å²) in [5, 5.41) is 3.47. The average molecular weight is 310 g/mol. The lowest BCUT2D eigenvalue weighted by Gasteiger charge is -2.11. The molecule has 2 rings (SSSR count). The molecular weight excluding hydrogens is 294 g/mol. The number of para-hydroxylation sites is 2. The number of anilines is 3. The molecule has 7 heteroatoms. The Morgan fingerprint density at radius 3 is 2.81 bits per heavy atom. The number of aryl methyl sites for hydroxylation is 1. The van der Waals surface area contributed by atoms with Gasteiger partial charge in [0.05, 0.1) is 23.0 Å². The smallest absolute Gasteiger partial charge is 0.434 e. The molecule has 2 aromatic rings. The Labute approximate surface area is 127 Å². The van der Waals surface area contributed by atoms with Gasteiger partial charge in [0.2, 0.25) is 5.88 Å². The van der Waals surface area contributed by atoms with Crippen molar-refractivity contribution in [2.45, 2.75) is 6.92 Å². The second-order valence-electron chi connectivity index (χ2n) is 4.27. The molecule has 0 aliphatic carbocycles. The predicted molar refractivity (Wildman–Crippen MR) is 82.2 cm³/mol. The molecule has 0 radical (unpaired) electrons. The van der Waals surface area contributed by atoms with Crippen molar-refractivity contribution >= 4 is 34.8 Å². The molecule has 0 bridgehead atoms. The third-order valence-corrected chi connectivity index (χ3v) is 3.03. The van der Waals surface area contributed by atoms with Crippen molar-refractivity contribution in [3.63, 3.8) is 0 Å². The van der Waals surface area contributed by atoms with Gasteiger partial charge >= 0.3 is 6.16 Å². The van der Waals surface area contributed by atoms with Crippen molar-refractivity contribution in [1.29, 1.82) is 0 Å². The summed E-state index contributed by atoms with van der Waals surface area (Å²) in [5.41, 5.74) is 7.55. The summed E-state index contributed by atoms with van der Waals surface area (Å²) >= 11 is 6.16. The van der Waals surface area contributed by atoms with E-state index in [-0.39, 0.29) is 12.5 Å². The molecule has 112 valence electrons. The maximum atomic E-state index is 11.5. The molecule has 0 amide bonds. The zero-order valence-electron chi connectivity index (χ0n) is 11.7. The number of benzene rings is 1. The van der Waals surface area contributed by atoms with Gasteiger partial charge in [0.25, 0.3) is 0 Å². The van der Waals surface area contributed by atoms with Gasteiger partial charge in [0.15, 0.2) is 0 Å². The van der Waals surface area contributed by atoms with Crippen LogP contribution in [-0.4, -0.2) is 17.3 Å². The zero-order chi connectivity index (χ0) is 15.4. The molecule has 0 aliphatic rings. The second-order valence-corrected chi connectivity index (χ2v) is 4.67. The van der Waals surface area contributed by atoms with E-state index in [0.717, 1.165) is 0 Å². The fourth-order valence-electron chi connectivity index (χ4n) is 1.78. The summed E-state index contributed by atoms with van der Waals surface area (Å²) < 4.78 is 11.5. The number of nitrogens with zero attached hydrogens (tertiary/aromatic N) is 1. The molecule has 0 saturated carbocycles. The van der Waals surface area contributed by atoms with E-state index in [1.54, 1.807) is 36.9 Å². The highest BCUT2D eigenvalue weighted by Crippen LogP contribution is 2.37. The van der Waals surface area contributed by atoms with Crippen LogP contribution in [0.1, 0.15) is 6.92 Å². The standard InChI is InChI=1S/C14H16ClN3O3/c1-3-20-14(19)21-13-12(9(15)8-18(13)2)17-11-7-5-4-6-10(11)16/h4-8,17H,3,16H2,1-2H3. The first-order valence-electron chi connectivity index (χ1n) is 6.33. The molecule has 6 nitrogen and oxygen atoms in total. The number of nitrogens with two attached hydrogens (primary N) is 1. The third-order valence-electron chi connectivity index (χ3n) is 2.74. The predicted octanol–water partition coefficient (Wildman–Crippen LogP) is 3.54. The lowest BCUT2D eigenvalue weighted by atomic mass is 10.2. The number of nitrogens with one attached hydrogen (secondary N) is 1. The van der Waals surface area contributed by atoms with Gasteiger partial charge in [-0.3, -0.25) is 0 Å². The Bertz CT molecular complexity index is 655. The Hall–Kier alpha value is -2.34. The van der Waals surface area contributed by atoms with Crippen LogP contribution in [0.15, 0.2) is 30.5 Å². The quantitative estimate of drug-likeness (QED) is 0.667. The van der Waals surface area contributed by atoms with Crippen LogP contribution in [0.5, 0.6) is 5.88 Å². The van der Waals surface area contributed by atoms with Crippen LogP contribution in [0.3, 0.4) is 0 Å². The minimum atomic E-state index is -0.792. The molecule has 1 aromatic carbocycles. The number of nitrogen functional groups attached to an aromatic ring is 1. The third kappa shape index (κ3) is 3.41. The van der Waals surface area contributed by atoms with E-state index in [2.05, 4.69) is 5.32 Å². The normalized spacial score (nSPS) is 10.2. The lowest BCUT2D eigenvalue weighted by Crippen LogP contribution is -2.13. The largest absolute Gasteiger partial charge is 0.515 e. The molecule has 0 fully saturated rings. The Morgan fingerprint density at radius 1 is 1.43 bits per heavy atom. The topological polar surface area (TPSA) is 78.5 Å². The van der Waals surface area contributed by atoms with Crippen LogP contribution in [0.25, 0.3) is 0 Å². The fourth-order valence-corrected chi connectivity index (χ4v) is 2.05. The first-order valence-corrected chi connectivity index (χ1v) is 6.71. The first-order chi connectivity index (χ1) is 10.0. The maximum Gasteiger partial charge on any atom is 0.515 e. The van der Waals surface area contributed by atoms with E-state index in [1.165, 1.54) is 0 Å². The molecular formula is C14H16ClN3O3. The van der Waals surface area contributed by atoms with Crippen molar-refractivity contribution in [3.05, 3.63) is 35.5 Å². The SMILES string of the molecule is CCOC(=O)Oc1c(Nc2ccccc2N)c(Cl)cn1C. The highest BCUT2D eigenvalue weighted by Gasteiger charge is 2.19. The van der Waals surface area contributed by atoms with Gasteiger partial charge in [-0.1, -0.05) is 23.7 Å². The van der Waals surface area contributed by atoms with E-state index in [0.29, 0.717) is 22.1 Å². The number of hydrogen-bond acceptors (Lipinski definition) is 5. The number of carbonyl (C=O) groups is 1. The summed E-state index contributed by atoms with van der Waals surface area (Å²) in [6.07, 6.45) is 0.830. The van der Waals surface area contributed by atoms with Crippen LogP contribution >= 0.6 is 11.6 Å².